The van der Waals surface area contributed by atoms with E-state index in [1.54, 1.807) is 23.1 Å². The average molecular weight is 218 g/mol. The van der Waals surface area contributed by atoms with Crippen LogP contribution in [0.25, 0.3) is 5.69 Å². The van der Waals surface area contributed by atoms with Gasteiger partial charge in [-0.05, 0) is 24.6 Å². The molecule has 2 aromatic heterocycles. The summed E-state index contributed by atoms with van der Waals surface area (Å²) in [7, 11) is 0. The Morgan fingerprint density at radius 2 is 2.20 bits per heavy atom. The lowest BCUT2D eigenvalue weighted by Crippen LogP contribution is -2.11. The molecule has 0 fully saturated rings. The summed E-state index contributed by atoms with van der Waals surface area (Å²) in [6.07, 6.45) is 5.42. The Hall–Kier alpha value is -1.75. The molecule has 0 aromatic carbocycles. The van der Waals surface area contributed by atoms with Crippen LogP contribution in [0.4, 0.5) is 0 Å². The standard InChI is InChI=1S/C10H10N4S/c1-7-4-13-14(6-7)8-2-3-9(10(11)15)12-5-8/h2-6H,1H3,(H2,11,15). The summed E-state index contributed by atoms with van der Waals surface area (Å²) < 4.78 is 1.76. The molecule has 2 rings (SSSR count). The fourth-order valence-corrected chi connectivity index (χ4v) is 1.34. The van der Waals surface area contributed by atoms with Gasteiger partial charge in [-0.3, -0.25) is 4.98 Å². The largest absolute Gasteiger partial charge is 0.388 e. The number of pyridine rings is 1. The lowest BCUT2D eigenvalue weighted by molar-refractivity contribution is 0.873. The molecule has 0 unspecified atom stereocenters. The van der Waals surface area contributed by atoms with E-state index in [9.17, 15) is 0 Å². The molecule has 0 saturated carbocycles. The highest BCUT2D eigenvalue weighted by Gasteiger charge is 2.00. The van der Waals surface area contributed by atoms with Crippen molar-refractivity contribution in [3.8, 4) is 5.69 Å². The highest BCUT2D eigenvalue weighted by atomic mass is 32.1. The molecule has 2 aromatic rings. The van der Waals surface area contributed by atoms with Crippen LogP contribution in [0.5, 0.6) is 0 Å². The third kappa shape index (κ3) is 2.02. The first-order chi connectivity index (χ1) is 7.16. The summed E-state index contributed by atoms with van der Waals surface area (Å²) >= 11 is 4.82. The number of aromatic nitrogens is 3. The molecule has 0 amide bonds. The Bertz CT molecular complexity index is 486. The van der Waals surface area contributed by atoms with Crippen molar-refractivity contribution in [3.63, 3.8) is 0 Å². The van der Waals surface area contributed by atoms with E-state index in [-0.39, 0.29) is 0 Å². The van der Waals surface area contributed by atoms with Crippen molar-refractivity contribution in [3.05, 3.63) is 42.0 Å². The van der Waals surface area contributed by atoms with Crippen molar-refractivity contribution in [2.75, 3.05) is 0 Å². The Balaban J connectivity index is 2.35. The van der Waals surface area contributed by atoms with Crippen LogP contribution in [0.2, 0.25) is 0 Å². The summed E-state index contributed by atoms with van der Waals surface area (Å²) in [5.41, 5.74) is 8.07. The summed E-state index contributed by atoms with van der Waals surface area (Å²) in [4.78, 5) is 4.44. The maximum atomic E-state index is 5.45. The topological polar surface area (TPSA) is 56.7 Å². The zero-order valence-corrected chi connectivity index (χ0v) is 9.03. The first kappa shape index (κ1) is 9.79. The van der Waals surface area contributed by atoms with Crippen molar-refractivity contribution >= 4 is 17.2 Å². The van der Waals surface area contributed by atoms with E-state index in [1.165, 1.54) is 0 Å². The number of nitrogens with two attached hydrogens (primary N) is 1. The van der Waals surface area contributed by atoms with Gasteiger partial charge in [0, 0.05) is 6.20 Å². The van der Waals surface area contributed by atoms with E-state index in [0.29, 0.717) is 10.7 Å². The Morgan fingerprint density at radius 3 is 2.67 bits per heavy atom. The lowest BCUT2D eigenvalue weighted by atomic mass is 10.3. The lowest BCUT2D eigenvalue weighted by Gasteiger charge is -2.01. The van der Waals surface area contributed by atoms with Crippen molar-refractivity contribution in [1.29, 1.82) is 0 Å². The molecular formula is C10H10N4S. The van der Waals surface area contributed by atoms with Crippen molar-refractivity contribution in [2.24, 2.45) is 5.73 Å². The monoisotopic (exact) mass is 218 g/mol. The van der Waals surface area contributed by atoms with E-state index in [4.69, 9.17) is 18.0 Å². The zero-order valence-electron chi connectivity index (χ0n) is 8.21. The molecule has 0 radical (unpaired) electrons. The van der Waals surface area contributed by atoms with E-state index in [1.807, 2.05) is 19.2 Å². The minimum absolute atomic E-state index is 0.304. The third-order valence-electron chi connectivity index (χ3n) is 1.98. The average Bonchev–Trinajstić information content (AvgIpc) is 2.65. The van der Waals surface area contributed by atoms with E-state index in [2.05, 4.69) is 10.1 Å². The fraction of sp³-hybridized carbons (Fsp3) is 0.100. The van der Waals surface area contributed by atoms with Gasteiger partial charge in [0.25, 0.3) is 0 Å². The van der Waals surface area contributed by atoms with Gasteiger partial charge in [-0.2, -0.15) is 5.10 Å². The molecule has 0 aliphatic carbocycles. The number of rotatable bonds is 2. The predicted molar refractivity (Wildman–Crippen MR) is 62.0 cm³/mol. The third-order valence-corrected chi connectivity index (χ3v) is 2.19. The van der Waals surface area contributed by atoms with Crippen LogP contribution in [-0.4, -0.2) is 19.8 Å². The van der Waals surface area contributed by atoms with E-state index >= 15 is 0 Å². The van der Waals surface area contributed by atoms with Crippen LogP contribution in [0.15, 0.2) is 30.7 Å². The minimum Gasteiger partial charge on any atom is -0.388 e. The molecule has 0 spiro atoms. The van der Waals surface area contributed by atoms with Gasteiger partial charge in [-0.1, -0.05) is 12.2 Å². The molecule has 15 heavy (non-hydrogen) atoms. The van der Waals surface area contributed by atoms with Crippen LogP contribution in [0, 0.1) is 6.92 Å². The highest BCUT2D eigenvalue weighted by molar-refractivity contribution is 7.80. The van der Waals surface area contributed by atoms with Crippen molar-refractivity contribution in [1.82, 2.24) is 14.8 Å². The van der Waals surface area contributed by atoms with Crippen LogP contribution in [0.3, 0.4) is 0 Å². The van der Waals surface area contributed by atoms with Gasteiger partial charge in [-0.25, -0.2) is 4.68 Å². The Morgan fingerprint density at radius 1 is 1.40 bits per heavy atom. The second-order valence-corrected chi connectivity index (χ2v) is 3.67. The van der Waals surface area contributed by atoms with E-state index < -0.39 is 0 Å². The quantitative estimate of drug-likeness (QED) is 0.770. The van der Waals surface area contributed by atoms with Gasteiger partial charge >= 0.3 is 0 Å². The van der Waals surface area contributed by atoms with Gasteiger partial charge in [-0.15, -0.1) is 0 Å². The number of hydrogen-bond acceptors (Lipinski definition) is 3. The summed E-state index contributed by atoms with van der Waals surface area (Å²) in [6, 6.07) is 3.67. The minimum atomic E-state index is 0.304. The number of aryl methyl sites for hydroxylation is 1. The van der Waals surface area contributed by atoms with Crippen LogP contribution in [0.1, 0.15) is 11.3 Å². The SMILES string of the molecule is Cc1cnn(-c2ccc(C(N)=S)nc2)c1. The second kappa shape index (κ2) is 3.78. The Labute approximate surface area is 92.7 Å². The number of nitrogens with zero attached hydrogens (tertiary/aromatic N) is 3. The first-order valence-electron chi connectivity index (χ1n) is 4.44. The second-order valence-electron chi connectivity index (χ2n) is 3.23. The summed E-state index contributed by atoms with van der Waals surface area (Å²) in [5.74, 6) is 0. The number of hydrogen-bond donors (Lipinski definition) is 1. The smallest absolute Gasteiger partial charge is 0.122 e. The summed E-state index contributed by atoms with van der Waals surface area (Å²) in [5, 5.41) is 4.17. The van der Waals surface area contributed by atoms with Crippen LogP contribution in [-0.2, 0) is 0 Å². The highest BCUT2D eigenvalue weighted by Crippen LogP contribution is 2.07. The zero-order chi connectivity index (χ0) is 10.8. The molecule has 0 atom stereocenters. The van der Waals surface area contributed by atoms with Gasteiger partial charge < -0.3 is 5.73 Å². The van der Waals surface area contributed by atoms with Gasteiger partial charge in [0.15, 0.2) is 0 Å². The molecule has 76 valence electrons. The molecule has 4 nitrogen and oxygen atoms in total. The number of thiocarbonyl (C=S) groups is 1. The molecule has 2 N–H and O–H groups in total. The van der Waals surface area contributed by atoms with Gasteiger partial charge in [0.1, 0.15) is 4.99 Å². The molecular weight excluding hydrogens is 208 g/mol. The maximum Gasteiger partial charge on any atom is 0.122 e. The van der Waals surface area contributed by atoms with Crippen molar-refractivity contribution in [2.45, 2.75) is 6.92 Å². The molecule has 0 bridgehead atoms. The first-order valence-corrected chi connectivity index (χ1v) is 4.85. The van der Waals surface area contributed by atoms with Crippen LogP contribution >= 0.6 is 12.2 Å². The maximum absolute atomic E-state index is 5.45. The fourth-order valence-electron chi connectivity index (χ4n) is 1.22. The summed E-state index contributed by atoms with van der Waals surface area (Å²) in [6.45, 7) is 1.99. The molecule has 2 heterocycles. The van der Waals surface area contributed by atoms with Crippen molar-refractivity contribution < 1.29 is 0 Å². The van der Waals surface area contributed by atoms with Gasteiger partial charge in [0.2, 0.25) is 0 Å². The molecule has 0 saturated heterocycles. The normalized spacial score (nSPS) is 10.2. The van der Waals surface area contributed by atoms with Gasteiger partial charge in [0.05, 0.1) is 23.8 Å². The van der Waals surface area contributed by atoms with E-state index in [0.717, 1.165) is 11.3 Å². The Kier molecular flexibility index (Phi) is 2.47. The molecule has 0 aliphatic heterocycles. The molecule has 0 aliphatic rings. The molecule has 5 heteroatoms. The predicted octanol–water partition coefficient (Wildman–Crippen LogP) is 1.21. The van der Waals surface area contributed by atoms with Crippen LogP contribution < -0.4 is 5.73 Å².